The van der Waals surface area contributed by atoms with Crippen LogP contribution in [0.5, 0.6) is 11.5 Å². The first kappa shape index (κ1) is 14.4. The molecule has 2 rings (SSSR count). The molecule has 20 heavy (non-hydrogen) atoms. The Balaban J connectivity index is 2.25. The van der Waals surface area contributed by atoms with Gasteiger partial charge in [0, 0.05) is 5.54 Å². The quantitative estimate of drug-likeness (QED) is 0.908. The summed E-state index contributed by atoms with van der Waals surface area (Å²) in [5.41, 5.74) is 8.21. The minimum Gasteiger partial charge on any atom is -0.497 e. The molecule has 1 atom stereocenters. The zero-order valence-corrected chi connectivity index (χ0v) is 12.2. The summed E-state index contributed by atoms with van der Waals surface area (Å²) in [6, 6.07) is 15.9. The summed E-state index contributed by atoms with van der Waals surface area (Å²) in [7, 11) is 3.34. The average molecular weight is 271 g/mol. The van der Waals surface area contributed by atoms with Gasteiger partial charge < -0.3 is 15.2 Å². The molecule has 3 heteroatoms. The number of hydrogen-bond acceptors (Lipinski definition) is 3. The summed E-state index contributed by atoms with van der Waals surface area (Å²) < 4.78 is 10.6. The van der Waals surface area contributed by atoms with Crippen LogP contribution in [0.3, 0.4) is 0 Å². The first-order valence-electron chi connectivity index (χ1n) is 6.62. The van der Waals surface area contributed by atoms with Crippen LogP contribution in [0, 0.1) is 0 Å². The second-order valence-electron chi connectivity index (χ2n) is 5.13. The topological polar surface area (TPSA) is 44.5 Å². The van der Waals surface area contributed by atoms with Crippen LogP contribution in [0.25, 0.3) is 0 Å². The Morgan fingerprint density at radius 2 is 1.60 bits per heavy atom. The number of nitrogens with two attached hydrogens (primary N) is 1. The molecule has 3 nitrogen and oxygen atoms in total. The fourth-order valence-electron chi connectivity index (χ4n) is 2.32. The van der Waals surface area contributed by atoms with Crippen LogP contribution in [0.15, 0.2) is 48.5 Å². The number of methoxy groups -OCH3 is 2. The molecule has 0 bridgehead atoms. The first-order valence-corrected chi connectivity index (χ1v) is 6.62. The summed E-state index contributed by atoms with van der Waals surface area (Å²) in [4.78, 5) is 0. The summed E-state index contributed by atoms with van der Waals surface area (Å²) in [5.74, 6) is 1.71. The minimum absolute atomic E-state index is 0.457. The van der Waals surface area contributed by atoms with Gasteiger partial charge in [-0.2, -0.15) is 0 Å². The Hall–Kier alpha value is -2.00. The highest BCUT2D eigenvalue weighted by atomic mass is 16.5. The summed E-state index contributed by atoms with van der Waals surface area (Å²) in [6.45, 7) is 2.03. The van der Waals surface area contributed by atoms with Crippen molar-refractivity contribution in [2.75, 3.05) is 14.2 Å². The normalized spacial score (nSPS) is 13.6. The van der Waals surface area contributed by atoms with Crippen molar-refractivity contribution < 1.29 is 9.47 Å². The Kier molecular flexibility index (Phi) is 4.30. The van der Waals surface area contributed by atoms with Crippen LogP contribution in [-0.2, 0) is 12.0 Å². The molecule has 0 spiro atoms. The maximum absolute atomic E-state index is 6.49. The first-order chi connectivity index (χ1) is 9.56. The largest absolute Gasteiger partial charge is 0.497 e. The smallest absolute Gasteiger partial charge is 0.122 e. The van der Waals surface area contributed by atoms with Crippen molar-refractivity contribution in [1.82, 2.24) is 0 Å². The lowest BCUT2D eigenvalue weighted by Crippen LogP contribution is -2.35. The second kappa shape index (κ2) is 5.97. The van der Waals surface area contributed by atoms with Gasteiger partial charge in [0.2, 0.25) is 0 Å². The Bertz CT molecular complexity index is 561. The predicted octanol–water partition coefficient (Wildman–Crippen LogP) is 3.12. The molecule has 0 saturated heterocycles. The fourth-order valence-corrected chi connectivity index (χ4v) is 2.32. The van der Waals surface area contributed by atoms with Crippen molar-refractivity contribution in [3.05, 3.63) is 59.7 Å². The van der Waals surface area contributed by atoms with Crippen LogP contribution in [-0.4, -0.2) is 14.2 Å². The molecule has 0 aliphatic heterocycles. The molecule has 0 radical (unpaired) electrons. The van der Waals surface area contributed by atoms with E-state index in [0.717, 1.165) is 22.6 Å². The zero-order chi connectivity index (χ0) is 14.6. The van der Waals surface area contributed by atoms with Crippen molar-refractivity contribution in [1.29, 1.82) is 0 Å². The maximum atomic E-state index is 6.49. The molecule has 0 amide bonds. The predicted molar refractivity (Wildman–Crippen MR) is 81.2 cm³/mol. The number of hydrogen-bond donors (Lipinski definition) is 1. The highest BCUT2D eigenvalue weighted by Crippen LogP contribution is 2.28. The van der Waals surface area contributed by atoms with Crippen LogP contribution >= 0.6 is 0 Å². The van der Waals surface area contributed by atoms with Crippen LogP contribution in [0.2, 0.25) is 0 Å². The van der Waals surface area contributed by atoms with E-state index in [4.69, 9.17) is 15.2 Å². The van der Waals surface area contributed by atoms with Gasteiger partial charge in [-0.15, -0.1) is 0 Å². The molecular weight excluding hydrogens is 250 g/mol. The third kappa shape index (κ3) is 3.11. The van der Waals surface area contributed by atoms with Crippen LogP contribution in [0.1, 0.15) is 18.1 Å². The highest BCUT2D eigenvalue weighted by molar-refractivity contribution is 5.38. The van der Waals surface area contributed by atoms with Gasteiger partial charge in [-0.25, -0.2) is 0 Å². The van der Waals surface area contributed by atoms with E-state index >= 15 is 0 Å². The van der Waals surface area contributed by atoms with Crippen molar-refractivity contribution in [3.8, 4) is 11.5 Å². The van der Waals surface area contributed by atoms with E-state index in [9.17, 15) is 0 Å². The Labute approximate surface area is 120 Å². The summed E-state index contributed by atoms with van der Waals surface area (Å²) in [6.07, 6.45) is 0.712. The third-order valence-electron chi connectivity index (χ3n) is 3.50. The van der Waals surface area contributed by atoms with E-state index in [0.29, 0.717) is 6.42 Å². The number of ether oxygens (including phenoxy) is 2. The van der Waals surface area contributed by atoms with Crippen molar-refractivity contribution in [2.24, 2.45) is 5.73 Å². The molecule has 0 aliphatic carbocycles. The second-order valence-corrected chi connectivity index (χ2v) is 5.13. The monoisotopic (exact) mass is 271 g/mol. The molecule has 0 fully saturated rings. The van der Waals surface area contributed by atoms with E-state index in [-0.39, 0.29) is 0 Å². The molecule has 106 valence electrons. The van der Waals surface area contributed by atoms with Gasteiger partial charge in [0.25, 0.3) is 0 Å². The number of benzene rings is 2. The lowest BCUT2D eigenvalue weighted by Gasteiger charge is -2.26. The van der Waals surface area contributed by atoms with Gasteiger partial charge in [0.05, 0.1) is 14.2 Å². The highest BCUT2D eigenvalue weighted by Gasteiger charge is 2.23. The van der Waals surface area contributed by atoms with Crippen LogP contribution < -0.4 is 15.2 Å². The molecule has 0 saturated carbocycles. The number of rotatable bonds is 5. The fraction of sp³-hybridized carbons (Fsp3) is 0.294. The molecule has 1 unspecified atom stereocenters. The van der Waals surface area contributed by atoms with E-state index in [1.54, 1.807) is 14.2 Å². The van der Waals surface area contributed by atoms with Gasteiger partial charge in [-0.1, -0.05) is 30.3 Å². The molecule has 2 N–H and O–H groups in total. The molecule has 2 aromatic rings. The van der Waals surface area contributed by atoms with Crippen LogP contribution in [0.4, 0.5) is 0 Å². The van der Waals surface area contributed by atoms with Gasteiger partial charge >= 0.3 is 0 Å². The van der Waals surface area contributed by atoms with Crippen molar-refractivity contribution in [2.45, 2.75) is 18.9 Å². The van der Waals surface area contributed by atoms with Crippen molar-refractivity contribution in [3.63, 3.8) is 0 Å². The van der Waals surface area contributed by atoms with E-state index in [1.165, 1.54) is 0 Å². The minimum atomic E-state index is -0.457. The maximum Gasteiger partial charge on any atom is 0.122 e. The SMILES string of the molecule is COc1ccc(C(C)(N)Cc2ccccc2OC)cc1. The zero-order valence-electron chi connectivity index (χ0n) is 12.2. The van der Waals surface area contributed by atoms with Gasteiger partial charge in [-0.05, 0) is 42.7 Å². The molecule has 0 aromatic heterocycles. The molecule has 0 heterocycles. The molecule has 2 aromatic carbocycles. The van der Waals surface area contributed by atoms with Crippen molar-refractivity contribution >= 4 is 0 Å². The van der Waals surface area contributed by atoms with Gasteiger partial charge in [0.1, 0.15) is 11.5 Å². The summed E-state index contributed by atoms with van der Waals surface area (Å²) in [5, 5.41) is 0. The molecule has 0 aliphatic rings. The van der Waals surface area contributed by atoms with E-state index in [2.05, 4.69) is 0 Å². The number of para-hydroxylation sites is 1. The third-order valence-corrected chi connectivity index (χ3v) is 3.50. The van der Waals surface area contributed by atoms with Gasteiger partial charge in [0.15, 0.2) is 0 Å². The van der Waals surface area contributed by atoms with E-state index < -0.39 is 5.54 Å². The standard InChI is InChI=1S/C17H21NO2/c1-17(18,14-8-10-15(19-2)11-9-14)12-13-6-4-5-7-16(13)20-3/h4-11H,12,18H2,1-3H3. The Morgan fingerprint density at radius 1 is 0.950 bits per heavy atom. The van der Waals surface area contributed by atoms with E-state index in [1.807, 2.05) is 55.5 Å². The average Bonchev–Trinajstić information content (AvgIpc) is 2.47. The summed E-state index contributed by atoms with van der Waals surface area (Å²) >= 11 is 0. The lowest BCUT2D eigenvalue weighted by molar-refractivity contribution is 0.399. The molecular formula is C17H21NO2. The Morgan fingerprint density at radius 3 is 2.20 bits per heavy atom. The lowest BCUT2D eigenvalue weighted by atomic mass is 9.86. The van der Waals surface area contributed by atoms with Gasteiger partial charge in [-0.3, -0.25) is 0 Å².